The van der Waals surface area contributed by atoms with E-state index in [9.17, 15) is 0 Å². The number of aryl methyl sites for hydroxylation is 1. The molecule has 1 heterocycles. The van der Waals surface area contributed by atoms with Gasteiger partial charge in [0.25, 0.3) is 0 Å². The van der Waals surface area contributed by atoms with Crippen LogP contribution in [0.3, 0.4) is 0 Å². The second kappa shape index (κ2) is 5.65. The molecular weight excluding hydrogens is 232 g/mol. The first-order chi connectivity index (χ1) is 8.28. The highest BCUT2D eigenvalue weighted by molar-refractivity contribution is 7.98. The lowest BCUT2D eigenvalue weighted by molar-refractivity contribution is 1.02. The molecule has 1 aromatic heterocycles. The number of nitrogens with two attached hydrogens (primary N) is 1. The van der Waals surface area contributed by atoms with Gasteiger partial charge in [0.1, 0.15) is 11.6 Å². The van der Waals surface area contributed by atoms with E-state index in [1.807, 2.05) is 0 Å². The Morgan fingerprint density at radius 2 is 2.24 bits per heavy atom. The van der Waals surface area contributed by atoms with Crippen LogP contribution >= 0.6 is 11.8 Å². The van der Waals surface area contributed by atoms with Crippen molar-refractivity contribution in [2.24, 2.45) is 5.84 Å². The van der Waals surface area contributed by atoms with E-state index in [2.05, 4.69) is 46.6 Å². The van der Waals surface area contributed by atoms with Gasteiger partial charge in [0, 0.05) is 17.2 Å². The summed E-state index contributed by atoms with van der Waals surface area (Å²) >= 11 is 1.71. The van der Waals surface area contributed by atoms with Crippen LogP contribution in [0.5, 0.6) is 0 Å². The Labute approximate surface area is 105 Å². The fourth-order valence-electron chi connectivity index (χ4n) is 1.40. The van der Waals surface area contributed by atoms with Crippen LogP contribution in [0.15, 0.2) is 41.4 Å². The first-order valence-corrected chi connectivity index (χ1v) is 6.24. The summed E-state index contributed by atoms with van der Waals surface area (Å²) in [4.78, 5) is 9.68. The van der Waals surface area contributed by atoms with Crippen LogP contribution in [0.25, 0.3) is 0 Å². The van der Waals surface area contributed by atoms with Crippen molar-refractivity contribution in [2.45, 2.75) is 17.6 Å². The Kier molecular flexibility index (Phi) is 3.95. The third kappa shape index (κ3) is 3.44. The van der Waals surface area contributed by atoms with Gasteiger partial charge in [-0.05, 0) is 19.1 Å². The Morgan fingerprint density at radius 1 is 1.35 bits per heavy atom. The molecule has 5 heteroatoms. The molecule has 0 radical (unpaired) electrons. The number of benzene rings is 1. The van der Waals surface area contributed by atoms with E-state index in [1.165, 1.54) is 10.5 Å². The van der Waals surface area contributed by atoms with Gasteiger partial charge >= 0.3 is 0 Å². The Bertz CT molecular complexity index is 501. The maximum Gasteiger partial charge on any atom is 0.143 e. The Balaban J connectivity index is 2.02. The first-order valence-electron chi connectivity index (χ1n) is 5.26. The Hall–Kier alpha value is -1.59. The van der Waals surface area contributed by atoms with Crippen LogP contribution in [0.4, 0.5) is 5.82 Å². The average molecular weight is 246 g/mol. The molecule has 17 heavy (non-hydrogen) atoms. The van der Waals surface area contributed by atoms with E-state index in [1.54, 1.807) is 24.0 Å². The third-order valence-electron chi connectivity index (χ3n) is 2.21. The van der Waals surface area contributed by atoms with Gasteiger partial charge in [0.2, 0.25) is 0 Å². The number of nitrogens with zero attached hydrogens (tertiary/aromatic N) is 2. The van der Waals surface area contributed by atoms with E-state index < -0.39 is 0 Å². The molecule has 0 aliphatic carbocycles. The molecule has 4 nitrogen and oxygen atoms in total. The van der Waals surface area contributed by atoms with Gasteiger partial charge < -0.3 is 5.43 Å². The summed E-state index contributed by atoms with van der Waals surface area (Å²) in [5.41, 5.74) is 3.77. The number of thioether (sulfide) groups is 1. The monoisotopic (exact) mass is 246 g/mol. The van der Waals surface area contributed by atoms with Gasteiger partial charge in [-0.3, -0.25) is 0 Å². The van der Waals surface area contributed by atoms with Crippen LogP contribution in [0.2, 0.25) is 0 Å². The lowest BCUT2D eigenvalue weighted by atomic mass is 10.2. The zero-order valence-electron chi connectivity index (χ0n) is 9.55. The molecular formula is C12H14N4S. The van der Waals surface area contributed by atoms with Crippen molar-refractivity contribution in [1.82, 2.24) is 9.97 Å². The van der Waals surface area contributed by atoms with Gasteiger partial charge in [-0.1, -0.05) is 17.7 Å². The lowest BCUT2D eigenvalue weighted by Gasteiger charge is -2.03. The maximum absolute atomic E-state index is 5.30. The fraction of sp³-hybridized carbons (Fsp3) is 0.167. The number of anilines is 1. The second-order valence-corrected chi connectivity index (χ2v) is 4.66. The van der Waals surface area contributed by atoms with Gasteiger partial charge in [0.15, 0.2) is 0 Å². The van der Waals surface area contributed by atoms with Gasteiger partial charge in [0.05, 0.1) is 5.75 Å². The van der Waals surface area contributed by atoms with Crippen LogP contribution in [0, 0.1) is 6.92 Å². The molecule has 0 saturated carbocycles. The number of nitrogens with one attached hydrogen (secondary N) is 1. The number of rotatable bonds is 4. The van der Waals surface area contributed by atoms with Crippen molar-refractivity contribution >= 4 is 17.6 Å². The molecule has 0 aliphatic heterocycles. The molecule has 0 bridgehead atoms. The predicted octanol–water partition coefficient (Wildman–Crippen LogP) is 2.36. The zero-order valence-corrected chi connectivity index (χ0v) is 10.4. The minimum atomic E-state index is 0.639. The fourth-order valence-corrected chi connectivity index (χ4v) is 2.28. The van der Waals surface area contributed by atoms with Gasteiger partial charge in [-0.2, -0.15) is 0 Å². The summed E-state index contributed by atoms with van der Waals surface area (Å²) in [5, 5.41) is 0. The van der Waals surface area contributed by atoms with Crippen LogP contribution < -0.4 is 11.3 Å². The highest BCUT2D eigenvalue weighted by Gasteiger charge is 2.00. The molecule has 0 aliphatic rings. The van der Waals surface area contributed by atoms with Crippen LogP contribution in [-0.4, -0.2) is 9.97 Å². The first kappa shape index (κ1) is 11.9. The summed E-state index contributed by atoms with van der Waals surface area (Å²) in [5.74, 6) is 7.44. The molecule has 0 fully saturated rings. The number of aromatic nitrogens is 2. The number of hydrazine groups is 1. The summed E-state index contributed by atoms with van der Waals surface area (Å²) in [6.45, 7) is 2.08. The van der Waals surface area contributed by atoms with Crippen LogP contribution in [-0.2, 0) is 5.75 Å². The standard InChI is InChI=1S/C12H14N4S/c1-9-3-2-4-10(7-9)17-8-12-14-6-5-11(15-12)16-13/h2-7H,8,13H2,1H3,(H,14,15,16). The SMILES string of the molecule is Cc1cccc(SCc2nccc(NN)n2)c1. The van der Waals surface area contributed by atoms with E-state index in [-0.39, 0.29) is 0 Å². The highest BCUT2D eigenvalue weighted by Crippen LogP contribution is 2.22. The van der Waals surface area contributed by atoms with E-state index in [4.69, 9.17) is 5.84 Å². The summed E-state index contributed by atoms with van der Waals surface area (Å²) in [6.07, 6.45) is 1.70. The van der Waals surface area contributed by atoms with Crippen molar-refractivity contribution in [3.05, 3.63) is 47.9 Å². The highest BCUT2D eigenvalue weighted by atomic mass is 32.2. The molecule has 88 valence electrons. The van der Waals surface area contributed by atoms with Crippen molar-refractivity contribution in [1.29, 1.82) is 0 Å². The van der Waals surface area contributed by atoms with Gasteiger partial charge in [-0.25, -0.2) is 15.8 Å². The third-order valence-corrected chi connectivity index (χ3v) is 3.20. The van der Waals surface area contributed by atoms with E-state index >= 15 is 0 Å². The van der Waals surface area contributed by atoms with Crippen molar-refractivity contribution in [3.8, 4) is 0 Å². The maximum atomic E-state index is 5.30. The predicted molar refractivity (Wildman–Crippen MR) is 70.6 cm³/mol. The zero-order chi connectivity index (χ0) is 12.1. The summed E-state index contributed by atoms with van der Waals surface area (Å²) in [6, 6.07) is 10.1. The normalized spacial score (nSPS) is 10.2. The molecule has 0 saturated heterocycles. The molecule has 0 spiro atoms. The van der Waals surface area contributed by atoms with E-state index in [0.717, 1.165) is 11.6 Å². The topological polar surface area (TPSA) is 63.8 Å². The smallest absolute Gasteiger partial charge is 0.143 e. The number of hydrogen-bond acceptors (Lipinski definition) is 5. The second-order valence-electron chi connectivity index (χ2n) is 3.61. The lowest BCUT2D eigenvalue weighted by Crippen LogP contribution is -2.09. The molecule has 1 aromatic carbocycles. The van der Waals surface area contributed by atoms with Gasteiger partial charge in [-0.15, -0.1) is 11.8 Å². The summed E-state index contributed by atoms with van der Waals surface area (Å²) in [7, 11) is 0. The molecule has 2 rings (SSSR count). The van der Waals surface area contributed by atoms with Crippen molar-refractivity contribution in [3.63, 3.8) is 0 Å². The minimum Gasteiger partial charge on any atom is -0.308 e. The minimum absolute atomic E-state index is 0.639. The molecule has 0 amide bonds. The van der Waals surface area contributed by atoms with Crippen molar-refractivity contribution < 1.29 is 0 Å². The molecule has 3 N–H and O–H groups in total. The molecule has 2 aromatic rings. The number of nitrogen functional groups attached to an aromatic ring is 1. The quantitative estimate of drug-likeness (QED) is 0.492. The summed E-state index contributed by atoms with van der Waals surface area (Å²) < 4.78 is 0. The van der Waals surface area contributed by atoms with E-state index in [0.29, 0.717) is 5.82 Å². The molecule has 0 unspecified atom stereocenters. The number of hydrogen-bond donors (Lipinski definition) is 2. The largest absolute Gasteiger partial charge is 0.308 e. The van der Waals surface area contributed by atoms with Crippen molar-refractivity contribution in [2.75, 3.05) is 5.43 Å². The van der Waals surface area contributed by atoms with Crippen LogP contribution in [0.1, 0.15) is 11.4 Å². The average Bonchev–Trinajstić information content (AvgIpc) is 2.37. The Morgan fingerprint density at radius 3 is 3.00 bits per heavy atom. The molecule has 0 atom stereocenters.